The number of carbonyl (C=O) groups is 1. The van der Waals surface area contributed by atoms with Gasteiger partial charge < -0.3 is 14.9 Å². The molecular weight excluding hydrogens is 204 g/mol. The van der Waals surface area contributed by atoms with E-state index in [9.17, 15) is 9.90 Å². The molecule has 16 heavy (non-hydrogen) atoms. The number of nitrogens with zero attached hydrogens (tertiary/aromatic N) is 2. The first-order valence-corrected chi connectivity index (χ1v) is 5.44. The van der Waals surface area contributed by atoms with Crippen molar-refractivity contribution in [3.05, 3.63) is 23.8 Å². The second-order valence-corrected chi connectivity index (χ2v) is 4.10. The predicted molar refractivity (Wildman–Crippen MR) is 62.7 cm³/mol. The molecule has 1 amide bonds. The molecule has 1 saturated heterocycles. The maximum absolute atomic E-state index is 10.6. The fourth-order valence-corrected chi connectivity index (χ4v) is 1.92. The van der Waals surface area contributed by atoms with E-state index in [-0.39, 0.29) is 0 Å². The van der Waals surface area contributed by atoms with Gasteiger partial charge in [-0.3, -0.25) is 4.79 Å². The van der Waals surface area contributed by atoms with Crippen LogP contribution in [0.3, 0.4) is 0 Å². The molecule has 1 aliphatic heterocycles. The van der Waals surface area contributed by atoms with Crippen molar-refractivity contribution >= 4 is 12.1 Å². The number of rotatable bonds is 2. The van der Waals surface area contributed by atoms with Crippen LogP contribution in [0.4, 0.5) is 5.69 Å². The zero-order valence-electron chi connectivity index (χ0n) is 9.39. The summed E-state index contributed by atoms with van der Waals surface area (Å²) in [6.07, 6.45) is 0.902. The molecular formula is C12H16N2O2. The molecule has 1 aromatic rings. The number of piperazine rings is 1. The van der Waals surface area contributed by atoms with Crippen LogP contribution in [0.2, 0.25) is 0 Å². The Kier molecular flexibility index (Phi) is 2.99. The van der Waals surface area contributed by atoms with E-state index in [4.69, 9.17) is 0 Å². The molecule has 0 bridgehead atoms. The van der Waals surface area contributed by atoms with E-state index in [1.165, 1.54) is 0 Å². The maximum Gasteiger partial charge on any atom is 0.209 e. The summed E-state index contributed by atoms with van der Waals surface area (Å²) < 4.78 is 0. The highest BCUT2D eigenvalue weighted by Gasteiger charge is 2.15. The van der Waals surface area contributed by atoms with E-state index < -0.39 is 0 Å². The van der Waals surface area contributed by atoms with Gasteiger partial charge in [-0.1, -0.05) is 0 Å². The molecule has 1 heterocycles. The van der Waals surface area contributed by atoms with Crippen LogP contribution in [0.25, 0.3) is 0 Å². The zero-order valence-corrected chi connectivity index (χ0v) is 9.39. The Hall–Kier alpha value is -1.71. The van der Waals surface area contributed by atoms with Gasteiger partial charge >= 0.3 is 0 Å². The first-order chi connectivity index (χ1) is 7.70. The van der Waals surface area contributed by atoms with Crippen molar-refractivity contribution < 1.29 is 9.90 Å². The average Bonchev–Trinajstić information content (AvgIpc) is 2.33. The van der Waals surface area contributed by atoms with E-state index in [2.05, 4.69) is 4.90 Å². The van der Waals surface area contributed by atoms with Crippen molar-refractivity contribution in [2.24, 2.45) is 0 Å². The van der Waals surface area contributed by atoms with Crippen LogP contribution in [0, 0.1) is 6.92 Å². The number of hydrogen-bond acceptors (Lipinski definition) is 3. The quantitative estimate of drug-likeness (QED) is 0.756. The normalized spacial score (nSPS) is 16.3. The van der Waals surface area contributed by atoms with E-state index in [0.29, 0.717) is 5.75 Å². The summed E-state index contributed by atoms with van der Waals surface area (Å²) in [5, 5.41) is 9.45. The molecule has 4 heteroatoms. The van der Waals surface area contributed by atoms with E-state index >= 15 is 0 Å². The Balaban J connectivity index is 2.08. The van der Waals surface area contributed by atoms with E-state index in [1.54, 1.807) is 11.0 Å². The molecule has 1 aliphatic rings. The van der Waals surface area contributed by atoms with Crippen molar-refractivity contribution in [2.75, 3.05) is 31.1 Å². The summed E-state index contributed by atoms with van der Waals surface area (Å²) in [7, 11) is 0. The minimum absolute atomic E-state index is 0.329. The Labute approximate surface area is 95.1 Å². The summed E-state index contributed by atoms with van der Waals surface area (Å²) in [6, 6.07) is 5.61. The molecule has 1 fully saturated rings. The van der Waals surface area contributed by atoms with Crippen molar-refractivity contribution in [1.82, 2.24) is 4.90 Å². The lowest BCUT2D eigenvalue weighted by atomic mass is 10.1. The molecule has 0 unspecified atom stereocenters. The topological polar surface area (TPSA) is 43.8 Å². The van der Waals surface area contributed by atoms with Crippen LogP contribution in [0.15, 0.2) is 18.2 Å². The molecule has 0 aliphatic carbocycles. The number of aryl methyl sites for hydroxylation is 1. The van der Waals surface area contributed by atoms with Crippen molar-refractivity contribution in [3.63, 3.8) is 0 Å². The molecule has 86 valence electrons. The molecule has 0 spiro atoms. The molecule has 4 nitrogen and oxygen atoms in total. The van der Waals surface area contributed by atoms with Crippen LogP contribution < -0.4 is 4.90 Å². The monoisotopic (exact) mass is 220 g/mol. The van der Waals surface area contributed by atoms with Gasteiger partial charge in [-0.25, -0.2) is 0 Å². The van der Waals surface area contributed by atoms with Crippen molar-refractivity contribution in [3.8, 4) is 5.75 Å². The van der Waals surface area contributed by atoms with Crippen LogP contribution >= 0.6 is 0 Å². The highest BCUT2D eigenvalue weighted by Crippen LogP contribution is 2.23. The predicted octanol–water partition coefficient (Wildman–Crippen LogP) is 0.979. The maximum atomic E-state index is 10.6. The van der Waals surface area contributed by atoms with Gasteiger partial charge in [-0.15, -0.1) is 0 Å². The third-order valence-electron chi connectivity index (χ3n) is 3.01. The summed E-state index contributed by atoms with van der Waals surface area (Å²) in [6.45, 7) is 5.12. The van der Waals surface area contributed by atoms with E-state index in [0.717, 1.165) is 43.8 Å². The molecule has 0 atom stereocenters. The van der Waals surface area contributed by atoms with Gasteiger partial charge in [0, 0.05) is 31.9 Å². The van der Waals surface area contributed by atoms with Gasteiger partial charge in [0.2, 0.25) is 6.41 Å². The second-order valence-electron chi connectivity index (χ2n) is 4.10. The Morgan fingerprint density at radius 1 is 1.25 bits per heavy atom. The minimum atomic E-state index is 0.329. The summed E-state index contributed by atoms with van der Waals surface area (Å²) in [4.78, 5) is 14.6. The van der Waals surface area contributed by atoms with Gasteiger partial charge in [0.15, 0.2) is 0 Å². The number of anilines is 1. The highest BCUT2D eigenvalue weighted by atomic mass is 16.3. The zero-order chi connectivity index (χ0) is 11.5. The van der Waals surface area contributed by atoms with Gasteiger partial charge in [0.1, 0.15) is 5.75 Å². The van der Waals surface area contributed by atoms with Gasteiger partial charge in [0.05, 0.1) is 0 Å². The first kappa shape index (κ1) is 10.8. The smallest absolute Gasteiger partial charge is 0.209 e. The molecule has 0 radical (unpaired) electrons. The third-order valence-corrected chi connectivity index (χ3v) is 3.01. The largest absolute Gasteiger partial charge is 0.508 e. The molecule has 0 aromatic heterocycles. The third kappa shape index (κ3) is 2.10. The first-order valence-electron chi connectivity index (χ1n) is 5.44. The number of aromatic hydroxyl groups is 1. The fraction of sp³-hybridized carbons (Fsp3) is 0.417. The lowest BCUT2D eigenvalue weighted by Gasteiger charge is -2.34. The lowest BCUT2D eigenvalue weighted by Crippen LogP contribution is -2.45. The standard InChI is InChI=1S/C12H16N2O2/c1-10-8-11(2-3-12(10)16)14-6-4-13(9-15)5-7-14/h2-3,8-9,16H,4-7H2,1H3. The van der Waals surface area contributed by atoms with Crippen molar-refractivity contribution in [2.45, 2.75) is 6.92 Å². The average molecular weight is 220 g/mol. The molecule has 1 N–H and O–H groups in total. The summed E-state index contributed by atoms with van der Waals surface area (Å²) in [5.74, 6) is 0.329. The van der Waals surface area contributed by atoms with Gasteiger partial charge in [-0.05, 0) is 30.7 Å². The lowest BCUT2D eigenvalue weighted by molar-refractivity contribution is -0.118. The van der Waals surface area contributed by atoms with Crippen LogP contribution in [-0.2, 0) is 4.79 Å². The Bertz CT molecular complexity index is 385. The van der Waals surface area contributed by atoms with Gasteiger partial charge in [0.25, 0.3) is 0 Å². The fourth-order valence-electron chi connectivity index (χ4n) is 1.92. The number of hydrogen-bond donors (Lipinski definition) is 1. The highest BCUT2D eigenvalue weighted by molar-refractivity contribution is 5.54. The van der Waals surface area contributed by atoms with Crippen LogP contribution in [0.1, 0.15) is 5.56 Å². The Morgan fingerprint density at radius 3 is 2.50 bits per heavy atom. The number of amides is 1. The van der Waals surface area contributed by atoms with Crippen LogP contribution in [0.5, 0.6) is 5.75 Å². The number of phenols is 1. The SMILES string of the molecule is Cc1cc(N2CCN(C=O)CC2)ccc1O. The van der Waals surface area contributed by atoms with Gasteiger partial charge in [-0.2, -0.15) is 0 Å². The van der Waals surface area contributed by atoms with Crippen molar-refractivity contribution in [1.29, 1.82) is 0 Å². The number of carbonyl (C=O) groups excluding carboxylic acids is 1. The number of benzene rings is 1. The number of phenolic OH excluding ortho intramolecular Hbond substituents is 1. The second kappa shape index (κ2) is 4.43. The molecule has 2 rings (SSSR count). The summed E-state index contributed by atoms with van der Waals surface area (Å²) >= 11 is 0. The van der Waals surface area contributed by atoms with E-state index in [1.807, 2.05) is 19.1 Å². The Morgan fingerprint density at radius 2 is 1.94 bits per heavy atom. The van der Waals surface area contributed by atoms with Crippen LogP contribution in [-0.4, -0.2) is 42.6 Å². The molecule has 1 aromatic carbocycles. The summed E-state index contributed by atoms with van der Waals surface area (Å²) in [5.41, 5.74) is 2.00. The molecule has 0 saturated carbocycles. The minimum Gasteiger partial charge on any atom is -0.508 e.